The van der Waals surface area contributed by atoms with Gasteiger partial charge in [-0.1, -0.05) is 75.5 Å². The molecule has 0 aliphatic carbocycles. The molecule has 0 saturated carbocycles. The van der Waals surface area contributed by atoms with Gasteiger partial charge in [0.2, 0.25) is 10.0 Å². The van der Waals surface area contributed by atoms with Crippen molar-refractivity contribution in [3.8, 4) is 0 Å². The van der Waals surface area contributed by atoms with E-state index in [1.807, 2.05) is 0 Å². The maximum Gasteiger partial charge on any atom is 0.255 e. The summed E-state index contributed by atoms with van der Waals surface area (Å²) < 4.78 is 28.3. The van der Waals surface area contributed by atoms with Crippen LogP contribution in [0.5, 0.6) is 0 Å². The Morgan fingerprint density at radius 1 is 0.969 bits per heavy atom. The highest BCUT2D eigenvalue weighted by molar-refractivity contribution is 9.10. The molecule has 10 heteroatoms. The van der Waals surface area contributed by atoms with Crippen LogP contribution in [0.1, 0.15) is 11.1 Å². The maximum atomic E-state index is 13.2. The zero-order chi connectivity index (χ0) is 23.1. The minimum Gasteiger partial charge on any atom is -0.272 e. The molecule has 0 atom stereocenters. The summed E-state index contributed by atoms with van der Waals surface area (Å²) >= 11 is 15.5. The summed E-state index contributed by atoms with van der Waals surface area (Å²) in [6.07, 6.45) is 1.31. The molecule has 3 aromatic carbocycles. The normalized spacial score (nSPS) is 11.8. The number of nitrogens with zero attached hydrogens (tertiary/aromatic N) is 2. The molecule has 3 rings (SSSR count). The summed E-state index contributed by atoms with van der Waals surface area (Å²) in [5.41, 5.74) is 3.51. The van der Waals surface area contributed by atoms with E-state index in [0.29, 0.717) is 15.6 Å². The predicted molar refractivity (Wildman–Crippen MR) is 130 cm³/mol. The van der Waals surface area contributed by atoms with E-state index in [0.717, 1.165) is 14.3 Å². The predicted octanol–water partition coefficient (Wildman–Crippen LogP) is 5.10. The van der Waals surface area contributed by atoms with Crippen LogP contribution in [0.3, 0.4) is 0 Å². The van der Waals surface area contributed by atoms with Crippen molar-refractivity contribution in [3.63, 3.8) is 0 Å². The van der Waals surface area contributed by atoms with Crippen molar-refractivity contribution < 1.29 is 13.2 Å². The monoisotopic (exact) mass is 553 g/mol. The molecule has 0 aliphatic rings. The lowest BCUT2D eigenvalue weighted by Gasteiger charge is -2.21. The summed E-state index contributed by atoms with van der Waals surface area (Å²) in [5.74, 6) is -0.610. The molecule has 6 nitrogen and oxygen atoms in total. The van der Waals surface area contributed by atoms with E-state index in [1.165, 1.54) is 18.3 Å². The third-order valence-electron chi connectivity index (χ3n) is 4.36. The lowest BCUT2D eigenvalue weighted by molar-refractivity contribution is -0.121. The highest BCUT2D eigenvalue weighted by atomic mass is 79.9. The van der Waals surface area contributed by atoms with Crippen molar-refractivity contribution in [2.24, 2.45) is 5.10 Å². The van der Waals surface area contributed by atoms with Gasteiger partial charge in [0.15, 0.2) is 0 Å². The van der Waals surface area contributed by atoms with Crippen LogP contribution in [0.2, 0.25) is 10.0 Å². The third kappa shape index (κ3) is 6.40. The van der Waals surface area contributed by atoms with Gasteiger partial charge in [-0.3, -0.25) is 4.79 Å². The molecule has 0 saturated heterocycles. The van der Waals surface area contributed by atoms with Gasteiger partial charge in [0.1, 0.15) is 0 Å². The van der Waals surface area contributed by atoms with Gasteiger partial charge in [0, 0.05) is 16.6 Å². The van der Waals surface area contributed by atoms with Crippen molar-refractivity contribution in [2.75, 3.05) is 6.54 Å². The fraction of sp³-hybridized carbons (Fsp3) is 0.0909. The van der Waals surface area contributed by atoms with Crippen molar-refractivity contribution >= 4 is 61.3 Å². The van der Waals surface area contributed by atoms with E-state index in [-0.39, 0.29) is 11.4 Å². The minimum atomic E-state index is -3.93. The highest BCUT2D eigenvalue weighted by Crippen LogP contribution is 2.22. The van der Waals surface area contributed by atoms with Crippen molar-refractivity contribution in [3.05, 3.63) is 98.4 Å². The van der Waals surface area contributed by atoms with Gasteiger partial charge in [-0.05, 0) is 42.0 Å². The van der Waals surface area contributed by atoms with Gasteiger partial charge in [-0.2, -0.15) is 9.41 Å². The van der Waals surface area contributed by atoms with Crippen LogP contribution in [0.15, 0.2) is 87.3 Å². The smallest absolute Gasteiger partial charge is 0.255 e. The van der Waals surface area contributed by atoms with Crippen LogP contribution >= 0.6 is 39.1 Å². The topological polar surface area (TPSA) is 78.8 Å². The molecule has 166 valence electrons. The molecule has 0 heterocycles. The fourth-order valence-corrected chi connectivity index (χ4v) is 4.92. The standard InChI is InChI=1S/C22H18BrCl2N3O3S/c23-17-11-9-16(10-12-17)14-28(32(30,31)18-5-2-1-3-6-18)15-22(29)27-26-13-19-20(24)7-4-8-21(19)25/h1-13H,14-15H2,(H,27,29)/b26-13-. The summed E-state index contributed by atoms with van der Waals surface area (Å²) in [7, 11) is -3.93. The van der Waals surface area contributed by atoms with Gasteiger partial charge >= 0.3 is 0 Å². The van der Waals surface area contributed by atoms with Crippen LogP contribution < -0.4 is 5.43 Å². The van der Waals surface area contributed by atoms with Crippen molar-refractivity contribution in [1.29, 1.82) is 0 Å². The third-order valence-corrected chi connectivity index (χ3v) is 7.35. The van der Waals surface area contributed by atoms with Crippen LogP contribution in [-0.4, -0.2) is 31.4 Å². The van der Waals surface area contributed by atoms with Gasteiger partial charge in [-0.15, -0.1) is 0 Å². The zero-order valence-electron chi connectivity index (χ0n) is 16.6. The van der Waals surface area contributed by atoms with Gasteiger partial charge in [0.25, 0.3) is 5.91 Å². The number of benzene rings is 3. The van der Waals surface area contributed by atoms with Gasteiger partial charge in [-0.25, -0.2) is 13.8 Å². The largest absolute Gasteiger partial charge is 0.272 e. The second kappa shape index (κ2) is 11.1. The maximum absolute atomic E-state index is 13.2. The number of halogens is 3. The Morgan fingerprint density at radius 3 is 2.22 bits per heavy atom. The number of hydrogen-bond donors (Lipinski definition) is 1. The molecule has 1 amide bonds. The van der Waals surface area contributed by atoms with Crippen molar-refractivity contribution in [2.45, 2.75) is 11.4 Å². The molecule has 0 radical (unpaired) electrons. The fourth-order valence-electron chi connectivity index (χ4n) is 2.76. The first kappa shape index (κ1) is 24.4. The number of hydrogen-bond acceptors (Lipinski definition) is 4. The van der Waals surface area contributed by atoms with E-state index in [9.17, 15) is 13.2 Å². The van der Waals surface area contributed by atoms with E-state index < -0.39 is 22.5 Å². The average Bonchev–Trinajstić information content (AvgIpc) is 2.77. The molecule has 3 aromatic rings. The van der Waals surface area contributed by atoms with E-state index in [1.54, 1.807) is 60.7 Å². The molecule has 0 aromatic heterocycles. The van der Waals surface area contributed by atoms with Crippen LogP contribution in [-0.2, 0) is 21.4 Å². The van der Waals surface area contributed by atoms with Crippen LogP contribution in [0.4, 0.5) is 0 Å². The number of amides is 1. The second-order valence-electron chi connectivity index (χ2n) is 6.64. The number of sulfonamides is 1. The Kier molecular flexibility index (Phi) is 8.44. The quantitative estimate of drug-likeness (QED) is 0.311. The number of rotatable bonds is 8. The molecular weight excluding hydrogens is 537 g/mol. The first-order chi connectivity index (χ1) is 15.3. The first-order valence-corrected chi connectivity index (χ1v) is 12.3. The molecule has 0 bridgehead atoms. The zero-order valence-corrected chi connectivity index (χ0v) is 20.5. The molecule has 0 spiro atoms. The number of hydrazone groups is 1. The first-order valence-electron chi connectivity index (χ1n) is 9.33. The van der Waals surface area contributed by atoms with E-state index >= 15 is 0 Å². The average molecular weight is 555 g/mol. The molecule has 1 N–H and O–H groups in total. The van der Waals surface area contributed by atoms with E-state index in [2.05, 4.69) is 26.5 Å². The summed E-state index contributed by atoms with van der Waals surface area (Å²) in [6, 6.07) is 20.1. The summed E-state index contributed by atoms with van der Waals surface area (Å²) in [6.45, 7) is -0.418. The Morgan fingerprint density at radius 2 is 1.59 bits per heavy atom. The van der Waals surface area contributed by atoms with Crippen LogP contribution in [0.25, 0.3) is 0 Å². The summed E-state index contributed by atoms with van der Waals surface area (Å²) in [4.78, 5) is 12.6. The van der Waals surface area contributed by atoms with Gasteiger partial charge < -0.3 is 0 Å². The summed E-state index contributed by atoms with van der Waals surface area (Å²) in [5, 5.41) is 4.62. The Bertz CT molecular complexity index is 1200. The Hall–Kier alpha value is -2.23. The molecule has 0 aliphatic heterocycles. The highest BCUT2D eigenvalue weighted by Gasteiger charge is 2.26. The lowest BCUT2D eigenvalue weighted by Crippen LogP contribution is -2.39. The molecule has 0 fully saturated rings. The van der Waals surface area contributed by atoms with Crippen molar-refractivity contribution in [1.82, 2.24) is 9.73 Å². The molecular formula is C22H18BrCl2N3O3S. The van der Waals surface area contributed by atoms with Crippen LogP contribution in [0, 0.1) is 0 Å². The minimum absolute atomic E-state index is 0.0119. The molecule has 0 unspecified atom stereocenters. The SMILES string of the molecule is O=C(CN(Cc1ccc(Br)cc1)S(=O)(=O)c1ccccc1)N/N=C\c1c(Cl)cccc1Cl. The second-order valence-corrected chi connectivity index (χ2v) is 10.3. The molecule has 32 heavy (non-hydrogen) atoms. The van der Waals surface area contributed by atoms with Gasteiger partial charge in [0.05, 0.1) is 27.7 Å². The number of nitrogens with one attached hydrogen (secondary N) is 1. The number of carbonyl (C=O) groups excluding carboxylic acids is 1. The number of carbonyl (C=O) groups is 1. The lowest BCUT2D eigenvalue weighted by atomic mass is 10.2. The van der Waals surface area contributed by atoms with E-state index in [4.69, 9.17) is 23.2 Å². The Labute approximate surface area is 205 Å². The Balaban J connectivity index is 1.79.